The number of aromatic carboxylic acids is 1. The number of hydrogen-bond donors (Lipinski definition) is 2. The lowest BCUT2D eigenvalue weighted by atomic mass is 10.2. The minimum atomic E-state index is -0.922. The van der Waals surface area contributed by atoms with Crippen LogP contribution in [0.2, 0.25) is 0 Å². The van der Waals surface area contributed by atoms with Gasteiger partial charge in [0.25, 0.3) is 0 Å². The second kappa shape index (κ2) is 6.02. The minimum absolute atomic E-state index is 0.290. The molecule has 5 heteroatoms. The highest BCUT2D eigenvalue weighted by Gasteiger charge is 2.12. The highest BCUT2D eigenvalue weighted by molar-refractivity contribution is 9.10. The first-order valence-electron chi connectivity index (χ1n) is 4.41. The number of rotatable bonds is 5. The normalized spacial score (nSPS) is 10.0. The summed E-state index contributed by atoms with van der Waals surface area (Å²) in [5.41, 5.74) is 0.949. The van der Waals surface area contributed by atoms with Crippen LogP contribution in [0.15, 0.2) is 22.7 Å². The maximum Gasteiger partial charge on any atom is 0.338 e. The quantitative estimate of drug-likeness (QED) is 0.819. The Morgan fingerprint density at radius 1 is 1.60 bits per heavy atom. The van der Waals surface area contributed by atoms with Crippen molar-refractivity contribution in [2.75, 3.05) is 23.9 Å². The Labute approximate surface area is 101 Å². The Kier molecular flexibility index (Phi) is 4.98. The highest BCUT2D eigenvalue weighted by atomic mass is 79.9. The SMILES string of the molecule is CSCCNc1cccc(Br)c1C(=O)O. The molecule has 1 rings (SSSR count). The van der Waals surface area contributed by atoms with E-state index in [2.05, 4.69) is 21.2 Å². The van der Waals surface area contributed by atoms with Crippen LogP contribution in [0, 0.1) is 0 Å². The van der Waals surface area contributed by atoms with Gasteiger partial charge in [-0.1, -0.05) is 6.07 Å². The van der Waals surface area contributed by atoms with Crippen molar-refractivity contribution in [1.82, 2.24) is 0 Å². The maximum absolute atomic E-state index is 11.0. The molecule has 0 atom stereocenters. The molecule has 0 saturated carbocycles. The number of nitrogens with one attached hydrogen (secondary N) is 1. The van der Waals surface area contributed by atoms with E-state index < -0.39 is 5.97 Å². The van der Waals surface area contributed by atoms with Crippen LogP contribution in [-0.2, 0) is 0 Å². The Bertz CT molecular complexity index is 357. The van der Waals surface area contributed by atoms with E-state index in [1.165, 1.54) is 0 Å². The van der Waals surface area contributed by atoms with Crippen LogP contribution in [0.3, 0.4) is 0 Å². The van der Waals surface area contributed by atoms with Gasteiger partial charge >= 0.3 is 5.97 Å². The number of carbonyl (C=O) groups is 1. The molecule has 0 radical (unpaired) electrons. The average molecular weight is 290 g/mol. The van der Waals surface area contributed by atoms with Gasteiger partial charge in [-0.2, -0.15) is 11.8 Å². The number of carboxylic acids is 1. The van der Waals surface area contributed by atoms with Crippen molar-refractivity contribution in [1.29, 1.82) is 0 Å². The van der Waals surface area contributed by atoms with Gasteiger partial charge in [-0.15, -0.1) is 0 Å². The average Bonchev–Trinajstić information content (AvgIpc) is 2.17. The van der Waals surface area contributed by atoms with Crippen LogP contribution < -0.4 is 5.32 Å². The van der Waals surface area contributed by atoms with Gasteiger partial charge in [-0.3, -0.25) is 0 Å². The Hall–Kier alpha value is -0.680. The summed E-state index contributed by atoms with van der Waals surface area (Å²) in [6, 6.07) is 5.32. The van der Waals surface area contributed by atoms with E-state index in [0.29, 0.717) is 15.7 Å². The molecule has 0 aliphatic carbocycles. The van der Waals surface area contributed by atoms with E-state index in [1.807, 2.05) is 12.3 Å². The zero-order valence-corrected chi connectivity index (χ0v) is 10.7. The molecular weight excluding hydrogens is 278 g/mol. The second-order valence-corrected chi connectivity index (χ2v) is 4.73. The summed E-state index contributed by atoms with van der Waals surface area (Å²) < 4.78 is 0.601. The molecule has 0 amide bonds. The van der Waals surface area contributed by atoms with Gasteiger partial charge in [0.05, 0.1) is 5.56 Å². The standard InChI is InChI=1S/C10H12BrNO2S/c1-15-6-5-12-8-4-2-3-7(11)9(8)10(13)14/h2-4,12H,5-6H2,1H3,(H,13,14). The van der Waals surface area contributed by atoms with E-state index in [-0.39, 0.29) is 0 Å². The number of benzene rings is 1. The van der Waals surface area contributed by atoms with Crippen LogP contribution in [0.1, 0.15) is 10.4 Å². The maximum atomic E-state index is 11.0. The monoisotopic (exact) mass is 289 g/mol. The van der Waals surface area contributed by atoms with Crippen LogP contribution >= 0.6 is 27.7 Å². The lowest BCUT2D eigenvalue weighted by molar-refractivity contribution is 0.0697. The third-order valence-corrected chi connectivity index (χ3v) is 3.12. The number of hydrogen-bond acceptors (Lipinski definition) is 3. The van der Waals surface area contributed by atoms with E-state index in [4.69, 9.17) is 5.11 Å². The summed E-state index contributed by atoms with van der Waals surface area (Å²) in [6.45, 7) is 0.762. The lowest BCUT2D eigenvalue weighted by Gasteiger charge is -2.09. The predicted octanol–water partition coefficient (Wildman–Crippen LogP) is 2.92. The fourth-order valence-corrected chi connectivity index (χ4v) is 2.02. The smallest absolute Gasteiger partial charge is 0.338 e. The van der Waals surface area contributed by atoms with Crippen LogP contribution in [0.25, 0.3) is 0 Å². The third kappa shape index (κ3) is 3.43. The summed E-state index contributed by atoms with van der Waals surface area (Å²) in [7, 11) is 0. The van der Waals surface area contributed by atoms with E-state index in [0.717, 1.165) is 12.3 Å². The largest absolute Gasteiger partial charge is 0.478 e. The first-order chi connectivity index (χ1) is 7.16. The Morgan fingerprint density at radius 3 is 2.93 bits per heavy atom. The Morgan fingerprint density at radius 2 is 2.33 bits per heavy atom. The van der Waals surface area contributed by atoms with Crippen molar-refractivity contribution >= 4 is 39.3 Å². The second-order valence-electron chi connectivity index (χ2n) is 2.89. The van der Waals surface area contributed by atoms with Crippen molar-refractivity contribution < 1.29 is 9.90 Å². The van der Waals surface area contributed by atoms with Crippen molar-refractivity contribution in [3.8, 4) is 0 Å². The highest BCUT2D eigenvalue weighted by Crippen LogP contribution is 2.24. The molecular formula is C10H12BrNO2S. The van der Waals surface area contributed by atoms with Gasteiger partial charge < -0.3 is 10.4 Å². The van der Waals surface area contributed by atoms with E-state index in [9.17, 15) is 4.79 Å². The number of halogens is 1. The van der Waals surface area contributed by atoms with Gasteiger partial charge in [-0.25, -0.2) is 4.79 Å². The zero-order valence-electron chi connectivity index (χ0n) is 8.29. The molecule has 82 valence electrons. The Balaban J connectivity index is 2.86. The summed E-state index contributed by atoms with van der Waals surface area (Å²) in [5.74, 6) is 0.0279. The predicted molar refractivity (Wildman–Crippen MR) is 68.0 cm³/mol. The lowest BCUT2D eigenvalue weighted by Crippen LogP contribution is -2.09. The molecule has 15 heavy (non-hydrogen) atoms. The van der Waals surface area contributed by atoms with Crippen LogP contribution in [0.5, 0.6) is 0 Å². The topological polar surface area (TPSA) is 49.3 Å². The van der Waals surface area contributed by atoms with Crippen LogP contribution in [0.4, 0.5) is 5.69 Å². The number of anilines is 1. The molecule has 0 aliphatic heterocycles. The molecule has 3 nitrogen and oxygen atoms in total. The summed E-state index contributed by atoms with van der Waals surface area (Å²) >= 11 is 4.95. The molecule has 1 aromatic carbocycles. The van der Waals surface area contributed by atoms with Gasteiger partial charge in [0.2, 0.25) is 0 Å². The van der Waals surface area contributed by atoms with Crippen molar-refractivity contribution in [2.45, 2.75) is 0 Å². The molecule has 0 bridgehead atoms. The van der Waals surface area contributed by atoms with Gasteiger partial charge in [0.15, 0.2) is 0 Å². The van der Waals surface area contributed by atoms with Crippen LogP contribution in [-0.4, -0.2) is 29.6 Å². The molecule has 0 saturated heterocycles. The van der Waals surface area contributed by atoms with E-state index in [1.54, 1.807) is 23.9 Å². The summed E-state index contributed by atoms with van der Waals surface area (Å²) in [4.78, 5) is 11.0. The molecule has 0 unspecified atom stereocenters. The molecule has 0 fully saturated rings. The van der Waals surface area contributed by atoms with Crippen molar-refractivity contribution in [2.24, 2.45) is 0 Å². The molecule has 0 aromatic heterocycles. The zero-order chi connectivity index (χ0) is 11.3. The summed E-state index contributed by atoms with van der Waals surface area (Å²) in [6.07, 6.45) is 2.01. The van der Waals surface area contributed by atoms with Crippen molar-refractivity contribution in [3.63, 3.8) is 0 Å². The van der Waals surface area contributed by atoms with Gasteiger partial charge in [0, 0.05) is 22.5 Å². The third-order valence-electron chi connectivity index (χ3n) is 1.85. The molecule has 0 heterocycles. The van der Waals surface area contributed by atoms with Gasteiger partial charge in [-0.05, 0) is 34.3 Å². The summed E-state index contributed by atoms with van der Waals surface area (Å²) in [5, 5.41) is 12.1. The van der Waals surface area contributed by atoms with Gasteiger partial charge in [0.1, 0.15) is 0 Å². The van der Waals surface area contributed by atoms with E-state index >= 15 is 0 Å². The fourth-order valence-electron chi connectivity index (χ4n) is 1.18. The first kappa shape index (κ1) is 12.4. The number of thioether (sulfide) groups is 1. The van der Waals surface area contributed by atoms with Crippen molar-refractivity contribution in [3.05, 3.63) is 28.2 Å². The molecule has 1 aromatic rings. The molecule has 0 spiro atoms. The number of carboxylic acid groups (broad SMARTS) is 1. The molecule has 0 aliphatic rings. The minimum Gasteiger partial charge on any atom is -0.478 e. The molecule has 2 N–H and O–H groups in total. The fraction of sp³-hybridized carbons (Fsp3) is 0.300. The first-order valence-corrected chi connectivity index (χ1v) is 6.60.